The molecule has 4 aromatic carbocycles. The molecule has 24 heteroatoms. The molecule has 0 radical (unpaired) electrons. The molecular weight excluding hydrogens is 966 g/mol. The van der Waals surface area contributed by atoms with Gasteiger partial charge in [0, 0.05) is 22.2 Å². The van der Waals surface area contributed by atoms with E-state index in [0.29, 0.717) is 48.6 Å². The molecule has 0 spiro atoms. The van der Waals surface area contributed by atoms with Crippen LogP contribution in [0.2, 0.25) is 0 Å². The van der Waals surface area contributed by atoms with Gasteiger partial charge in [-0.1, -0.05) is 0 Å². The number of rotatable bonds is 4. The topological polar surface area (TPSA) is 54.7 Å². The predicted molar refractivity (Wildman–Crippen MR) is 198 cm³/mol. The summed E-state index contributed by atoms with van der Waals surface area (Å²) in [4.78, 5) is 10.0. The van der Waals surface area contributed by atoms with Crippen LogP contribution in [0.15, 0.2) is 28.7 Å². The lowest BCUT2D eigenvalue weighted by Crippen LogP contribution is -2.06. The first-order valence-corrected chi connectivity index (χ1v) is 18.2. The van der Waals surface area contributed by atoms with Crippen LogP contribution in [0.1, 0.15) is 22.8 Å². The van der Waals surface area contributed by atoms with Crippen molar-refractivity contribution < 1.29 is 92.2 Å². The largest absolute Gasteiger partial charge is 0.456 e. The molecule has 8 bridgehead atoms. The van der Waals surface area contributed by atoms with Gasteiger partial charge in [-0.25, -0.2) is 97.8 Å². The number of hydrogen-bond donors (Lipinski definition) is 1. The molecule has 0 aliphatic carbocycles. The van der Waals surface area contributed by atoms with E-state index in [-0.39, 0.29) is 0 Å². The van der Waals surface area contributed by atoms with Gasteiger partial charge >= 0.3 is 0 Å². The maximum atomic E-state index is 15.8. The Balaban J connectivity index is 1.60. The summed E-state index contributed by atoms with van der Waals surface area (Å²) >= 11 is 0. The molecule has 7 aromatic rings. The zero-order valence-electron chi connectivity index (χ0n) is 32.0. The number of aromatic nitrogens is 3. The Morgan fingerprint density at radius 2 is 0.456 bits per heavy atom. The third kappa shape index (κ3) is 6.39. The summed E-state index contributed by atoms with van der Waals surface area (Å²) in [5.41, 5.74) is -21.6. The van der Waals surface area contributed by atoms with Crippen LogP contribution < -0.4 is 0 Å². The Morgan fingerprint density at radius 1 is 0.250 bits per heavy atom. The van der Waals surface area contributed by atoms with Crippen molar-refractivity contribution in [2.24, 2.45) is 0 Å². The van der Waals surface area contributed by atoms with Crippen LogP contribution >= 0.6 is 0 Å². The Labute approximate surface area is 361 Å². The number of nitrogens with one attached hydrogen (secondary N) is 1. The highest BCUT2D eigenvalue weighted by atomic mass is 19.2. The van der Waals surface area contributed by atoms with E-state index < -0.39 is 206 Å². The minimum absolute atomic E-state index is 0.517. The van der Waals surface area contributed by atoms with E-state index in [4.69, 9.17) is 4.42 Å². The lowest BCUT2D eigenvalue weighted by Gasteiger charge is -2.11. The third-order valence-electron chi connectivity index (χ3n) is 10.5. The van der Waals surface area contributed by atoms with Crippen molar-refractivity contribution in [2.45, 2.75) is 0 Å². The highest BCUT2D eigenvalue weighted by Crippen LogP contribution is 2.45. The Kier molecular flexibility index (Phi) is 10.6. The zero-order valence-corrected chi connectivity index (χ0v) is 32.0. The van der Waals surface area contributed by atoms with Crippen LogP contribution in [0, 0.1) is 116 Å². The van der Waals surface area contributed by atoms with Crippen molar-refractivity contribution in [3.05, 3.63) is 163 Å². The van der Waals surface area contributed by atoms with Gasteiger partial charge in [-0.05, 0) is 48.6 Å². The summed E-state index contributed by atoms with van der Waals surface area (Å²) in [6.07, 6.45) is 2.26. The van der Waals surface area contributed by atoms with Gasteiger partial charge in [-0.15, -0.1) is 0 Å². The molecule has 0 amide bonds. The summed E-state index contributed by atoms with van der Waals surface area (Å²) in [6, 6.07) is 2.26. The smallest absolute Gasteiger partial charge is 0.200 e. The molecule has 0 fully saturated rings. The monoisotopic (exact) mass is 975 g/mol. The van der Waals surface area contributed by atoms with Gasteiger partial charge in [0.25, 0.3) is 0 Å². The first-order chi connectivity index (χ1) is 32.1. The van der Waals surface area contributed by atoms with Crippen molar-refractivity contribution in [3.63, 3.8) is 0 Å². The molecule has 1 N–H and O–H groups in total. The first kappa shape index (κ1) is 45.2. The van der Waals surface area contributed by atoms with Gasteiger partial charge in [0.05, 0.1) is 56.2 Å². The Morgan fingerprint density at radius 3 is 0.706 bits per heavy atom. The van der Waals surface area contributed by atoms with E-state index in [1.807, 2.05) is 0 Å². The molecule has 3 aromatic heterocycles. The molecule has 0 saturated carbocycles. The van der Waals surface area contributed by atoms with Crippen molar-refractivity contribution in [3.8, 4) is 44.5 Å². The molecule has 5 heterocycles. The highest BCUT2D eigenvalue weighted by Gasteiger charge is 2.35. The molecule has 0 atom stereocenters. The molecule has 346 valence electrons. The van der Waals surface area contributed by atoms with Gasteiger partial charge in [0.1, 0.15) is 11.2 Å². The van der Waals surface area contributed by atoms with Crippen LogP contribution in [0.3, 0.4) is 0 Å². The van der Waals surface area contributed by atoms with Gasteiger partial charge in [-0.3, -0.25) is 0 Å². The number of benzene rings is 4. The maximum Gasteiger partial charge on any atom is 0.200 e. The molecule has 68 heavy (non-hydrogen) atoms. The second-order valence-corrected chi connectivity index (χ2v) is 14.2. The lowest BCUT2D eigenvalue weighted by atomic mass is 10.0. The number of nitrogens with zero attached hydrogens (tertiary/aromatic N) is 2. The fourth-order valence-electron chi connectivity index (χ4n) is 7.43. The van der Waals surface area contributed by atoms with Crippen LogP contribution in [-0.2, 0) is 0 Å². The van der Waals surface area contributed by atoms with Crippen LogP contribution in [0.25, 0.3) is 91.0 Å². The van der Waals surface area contributed by atoms with Gasteiger partial charge in [0.2, 0.25) is 23.3 Å². The average Bonchev–Trinajstić information content (AvgIpc) is 4.18. The van der Waals surface area contributed by atoms with E-state index in [1.165, 1.54) is 0 Å². The number of hydrogen-bond acceptors (Lipinski definition) is 3. The molecular formula is C44H9F20N3O. The normalized spacial score (nSPS) is 12.3. The van der Waals surface area contributed by atoms with Crippen LogP contribution in [0.5, 0.6) is 0 Å². The molecule has 2 aliphatic heterocycles. The molecule has 0 unspecified atom stereocenters. The molecule has 4 nitrogen and oxygen atoms in total. The quantitative estimate of drug-likeness (QED) is 0.109. The van der Waals surface area contributed by atoms with Crippen LogP contribution in [0.4, 0.5) is 87.8 Å². The fourth-order valence-corrected chi connectivity index (χ4v) is 7.43. The number of fused-ring (bicyclic) bond motifs is 8. The maximum absolute atomic E-state index is 15.8. The Bertz CT molecular complexity index is 3120. The molecule has 9 rings (SSSR count). The second-order valence-electron chi connectivity index (χ2n) is 14.2. The summed E-state index contributed by atoms with van der Waals surface area (Å²) in [6.45, 7) is 0. The zero-order chi connectivity index (χ0) is 49.3. The highest BCUT2D eigenvalue weighted by molar-refractivity contribution is 5.99. The SMILES string of the molecule is Fc1c(F)c(F)c(-c2c3nc(c(-c4c(F)c(F)c(F)c(F)c4F)c4ccc(o4)c(-c4c(F)c(F)c(F)c(F)c4F)c4nc(c(-c5c(F)c(F)c(F)c(F)c5F)c5ccc2[nH]5)C=C4)C=C3)c(F)c1F. The average molecular weight is 976 g/mol. The lowest BCUT2D eigenvalue weighted by molar-refractivity contribution is 0.381. The van der Waals surface area contributed by atoms with E-state index in [2.05, 4.69) is 15.0 Å². The number of halogens is 20. The van der Waals surface area contributed by atoms with E-state index >= 15 is 35.1 Å². The Hall–Kier alpha value is -7.92. The van der Waals surface area contributed by atoms with Gasteiger partial charge < -0.3 is 9.40 Å². The third-order valence-corrected chi connectivity index (χ3v) is 10.5. The van der Waals surface area contributed by atoms with Crippen molar-refractivity contribution in [2.75, 3.05) is 0 Å². The molecule has 2 aliphatic rings. The fraction of sp³-hybridized carbons (Fsp3) is 0. The van der Waals surface area contributed by atoms with Crippen molar-refractivity contribution >= 4 is 46.5 Å². The number of furan rings is 1. The summed E-state index contributed by atoms with van der Waals surface area (Å²) in [5, 5.41) is 0. The second kappa shape index (κ2) is 15.9. The molecule has 0 saturated heterocycles. The van der Waals surface area contributed by atoms with Crippen molar-refractivity contribution in [1.82, 2.24) is 15.0 Å². The predicted octanol–water partition coefficient (Wildman–Crippen LogP) is 14.4. The summed E-state index contributed by atoms with van der Waals surface area (Å²) in [7, 11) is 0. The van der Waals surface area contributed by atoms with E-state index in [9.17, 15) is 52.7 Å². The minimum atomic E-state index is -2.74. The number of H-pyrrole nitrogens is 1. The van der Waals surface area contributed by atoms with Crippen molar-refractivity contribution in [1.29, 1.82) is 0 Å². The van der Waals surface area contributed by atoms with Gasteiger partial charge in [0.15, 0.2) is 93.1 Å². The number of aromatic amines is 1. The standard InChI is InChI=1S/C44H9F20N3O/c45-25-21(26(46)34(54)41(61)33(25)53)17-9-1-2-10(65-9)18(22-27(47)35(55)42(62)36(56)28(22)48)12-4-6-14(67-12)20(24-31(51)39(59)44(64)40(60)32(24)52)16-8-7-15(68-16)19(13-5-3-11(17)66-13)23-29(49)37(57)43(63)38(58)30(23)50/h1-8,65H. The minimum Gasteiger partial charge on any atom is -0.456 e. The van der Waals surface area contributed by atoms with E-state index in [0.717, 1.165) is 0 Å². The van der Waals surface area contributed by atoms with Crippen LogP contribution in [-0.4, -0.2) is 15.0 Å². The summed E-state index contributed by atoms with van der Waals surface area (Å²) < 4.78 is 308. The summed E-state index contributed by atoms with van der Waals surface area (Å²) in [5.74, 6) is -53.1. The van der Waals surface area contributed by atoms with E-state index in [1.54, 1.807) is 0 Å². The van der Waals surface area contributed by atoms with Gasteiger partial charge in [-0.2, -0.15) is 0 Å². The first-order valence-electron chi connectivity index (χ1n) is 18.2.